The predicted molar refractivity (Wildman–Crippen MR) is 49.7 cm³/mol. The van der Waals surface area contributed by atoms with Gasteiger partial charge in [-0.3, -0.25) is 9.69 Å². The van der Waals surface area contributed by atoms with Crippen LogP contribution in [0.1, 0.15) is 19.6 Å². The number of carboxylic acid groups (broad SMARTS) is 1. The van der Waals surface area contributed by atoms with Crippen LogP contribution in [0, 0.1) is 0 Å². The molecule has 0 aliphatic heterocycles. The minimum absolute atomic E-state index is 0.0123. The van der Waals surface area contributed by atoms with E-state index in [1.54, 1.807) is 17.2 Å². The Hall–Kier alpha value is -1.36. The first-order valence-corrected chi connectivity index (χ1v) is 4.45. The summed E-state index contributed by atoms with van der Waals surface area (Å²) in [5.41, 5.74) is 0. The lowest BCUT2D eigenvalue weighted by Gasteiger charge is -2.22. The van der Waals surface area contributed by atoms with E-state index >= 15 is 0 Å². The number of aromatic nitrogens is 1. The van der Waals surface area contributed by atoms with Gasteiger partial charge in [-0.2, -0.15) is 0 Å². The summed E-state index contributed by atoms with van der Waals surface area (Å²) in [5, 5.41) is 12.2. The van der Waals surface area contributed by atoms with E-state index in [1.807, 2.05) is 13.8 Å². The third-order valence-electron chi connectivity index (χ3n) is 1.92. The highest BCUT2D eigenvalue weighted by molar-refractivity contribution is 5.69. The Morgan fingerprint density at radius 2 is 2.43 bits per heavy atom. The molecule has 5 nitrogen and oxygen atoms in total. The first-order valence-electron chi connectivity index (χ1n) is 4.45. The van der Waals surface area contributed by atoms with Crippen molar-refractivity contribution >= 4 is 5.97 Å². The molecule has 78 valence electrons. The van der Waals surface area contributed by atoms with Crippen molar-refractivity contribution in [3.63, 3.8) is 0 Å². The number of aliphatic carboxylic acids is 1. The molecule has 5 heteroatoms. The molecule has 0 atom stereocenters. The molecule has 0 bridgehead atoms. The summed E-state index contributed by atoms with van der Waals surface area (Å²) in [5.74, 6) is -0.154. The SMILES string of the molecule is CC(C)N(CC(=O)O)Cc1ccno1. The van der Waals surface area contributed by atoms with Gasteiger partial charge >= 0.3 is 5.97 Å². The Morgan fingerprint density at radius 1 is 1.71 bits per heavy atom. The van der Waals surface area contributed by atoms with Gasteiger partial charge in [-0.1, -0.05) is 5.16 Å². The number of carbonyl (C=O) groups is 1. The van der Waals surface area contributed by atoms with Gasteiger partial charge in [0.15, 0.2) is 5.76 Å². The molecule has 0 aliphatic rings. The van der Waals surface area contributed by atoms with E-state index in [1.165, 1.54) is 0 Å². The van der Waals surface area contributed by atoms with Gasteiger partial charge in [0.2, 0.25) is 0 Å². The van der Waals surface area contributed by atoms with Crippen molar-refractivity contribution in [1.29, 1.82) is 0 Å². The number of carboxylic acids is 1. The lowest BCUT2D eigenvalue weighted by molar-refractivity contribution is -0.139. The van der Waals surface area contributed by atoms with Crippen molar-refractivity contribution in [2.45, 2.75) is 26.4 Å². The van der Waals surface area contributed by atoms with E-state index < -0.39 is 5.97 Å². The molecule has 0 radical (unpaired) electrons. The number of hydrogen-bond donors (Lipinski definition) is 1. The van der Waals surface area contributed by atoms with E-state index in [0.29, 0.717) is 12.3 Å². The van der Waals surface area contributed by atoms with Crippen LogP contribution < -0.4 is 0 Å². The highest BCUT2D eigenvalue weighted by Gasteiger charge is 2.15. The molecule has 14 heavy (non-hydrogen) atoms. The number of nitrogens with zero attached hydrogens (tertiary/aromatic N) is 2. The number of hydrogen-bond acceptors (Lipinski definition) is 4. The maximum atomic E-state index is 10.6. The lowest BCUT2D eigenvalue weighted by Crippen LogP contribution is -2.34. The van der Waals surface area contributed by atoms with Crippen molar-refractivity contribution in [2.75, 3.05) is 6.54 Å². The van der Waals surface area contributed by atoms with Crippen LogP contribution in [0.4, 0.5) is 0 Å². The third kappa shape index (κ3) is 3.18. The molecule has 0 aromatic carbocycles. The molecule has 0 fully saturated rings. The molecule has 1 N–H and O–H groups in total. The molecule has 0 saturated heterocycles. The zero-order valence-electron chi connectivity index (χ0n) is 8.30. The highest BCUT2D eigenvalue weighted by atomic mass is 16.5. The van der Waals surface area contributed by atoms with Crippen molar-refractivity contribution in [3.8, 4) is 0 Å². The summed E-state index contributed by atoms with van der Waals surface area (Å²) in [7, 11) is 0. The molecule has 0 unspecified atom stereocenters. The predicted octanol–water partition coefficient (Wildman–Crippen LogP) is 0.970. The van der Waals surface area contributed by atoms with Gasteiger partial charge in [-0.25, -0.2) is 0 Å². The topological polar surface area (TPSA) is 66.6 Å². The molecule has 1 heterocycles. The third-order valence-corrected chi connectivity index (χ3v) is 1.92. The highest BCUT2D eigenvalue weighted by Crippen LogP contribution is 2.06. The van der Waals surface area contributed by atoms with Crippen molar-refractivity contribution < 1.29 is 14.4 Å². The van der Waals surface area contributed by atoms with E-state index in [4.69, 9.17) is 9.63 Å². The molecular weight excluding hydrogens is 184 g/mol. The molecule has 1 aromatic rings. The Kier molecular flexibility index (Phi) is 3.64. The number of rotatable bonds is 5. The van der Waals surface area contributed by atoms with Crippen LogP contribution in [0.2, 0.25) is 0 Å². The second-order valence-electron chi connectivity index (χ2n) is 3.37. The van der Waals surface area contributed by atoms with Crippen molar-refractivity contribution in [1.82, 2.24) is 10.1 Å². The summed E-state index contributed by atoms with van der Waals surface area (Å²) >= 11 is 0. The van der Waals surface area contributed by atoms with E-state index in [0.717, 1.165) is 0 Å². The van der Waals surface area contributed by atoms with Crippen LogP contribution in [-0.4, -0.2) is 33.7 Å². The van der Waals surface area contributed by atoms with Crippen LogP contribution in [0.25, 0.3) is 0 Å². The normalized spacial score (nSPS) is 11.1. The minimum Gasteiger partial charge on any atom is -0.480 e. The quantitative estimate of drug-likeness (QED) is 0.763. The smallest absolute Gasteiger partial charge is 0.317 e. The van der Waals surface area contributed by atoms with E-state index in [9.17, 15) is 4.79 Å². The van der Waals surface area contributed by atoms with Crippen LogP contribution in [0.5, 0.6) is 0 Å². The maximum Gasteiger partial charge on any atom is 0.317 e. The molecular formula is C9H14N2O3. The van der Waals surface area contributed by atoms with E-state index in [2.05, 4.69) is 5.16 Å². The molecule has 0 saturated carbocycles. The fraction of sp³-hybridized carbons (Fsp3) is 0.556. The van der Waals surface area contributed by atoms with E-state index in [-0.39, 0.29) is 12.6 Å². The minimum atomic E-state index is -0.835. The zero-order chi connectivity index (χ0) is 10.6. The van der Waals surface area contributed by atoms with Crippen LogP contribution in [-0.2, 0) is 11.3 Å². The monoisotopic (exact) mass is 198 g/mol. The molecule has 0 amide bonds. The van der Waals surface area contributed by atoms with Crippen molar-refractivity contribution in [2.24, 2.45) is 0 Å². The summed E-state index contributed by atoms with van der Waals surface area (Å²) < 4.78 is 4.91. The van der Waals surface area contributed by atoms with Gasteiger partial charge in [-0.15, -0.1) is 0 Å². The van der Waals surface area contributed by atoms with Crippen LogP contribution in [0.3, 0.4) is 0 Å². The lowest BCUT2D eigenvalue weighted by atomic mass is 10.3. The maximum absolute atomic E-state index is 10.6. The summed E-state index contributed by atoms with van der Waals surface area (Å²) in [4.78, 5) is 12.3. The molecule has 0 spiro atoms. The second-order valence-corrected chi connectivity index (χ2v) is 3.37. The first kappa shape index (κ1) is 10.7. The average molecular weight is 198 g/mol. The summed E-state index contributed by atoms with van der Waals surface area (Å²) in [6.45, 7) is 4.38. The second kappa shape index (κ2) is 4.76. The molecule has 0 aliphatic carbocycles. The van der Waals surface area contributed by atoms with Crippen LogP contribution in [0.15, 0.2) is 16.8 Å². The first-order chi connectivity index (χ1) is 6.59. The van der Waals surface area contributed by atoms with Gasteiger partial charge in [0, 0.05) is 12.1 Å². The van der Waals surface area contributed by atoms with Gasteiger partial charge in [-0.05, 0) is 13.8 Å². The standard InChI is InChI=1S/C9H14N2O3/c1-7(2)11(6-9(12)13)5-8-3-4-10-14-8/h3-4,7H,5-6H2,1-2H3,(H,12,13). The Labute approximate surface area is 82.3 Å². The Bertz CT molecular complexity index is 282. The fourth-order valence-corrected chi connectivity index (χ4v) is 1.12. The van der Waals surface area contributed by atoms with Gasteiger partial charge in [0.25, 0.3) is 0 Å². The van der Waals surface area contributed by atoms with Gasteiger partial charge < -0.3 is 9.63 Å². The summed E-state index contributed by atoms with van der Waals surface area (Å²) in [6.07, 6.45) is 1.55. The Balaban J connectivity index is 2.56. The van der Waals surface area contributed by atoms with Crippen LogP contribution >= 0.6 is 0 Å². The average Bonchev–Trinajstić information content (AvgIpc) is 2.54. The summed E-state index contributed by atoms with van der Waals surface area (Å²) in [6, 6.07) is 1.90. The largest absolute Gasteiger partial charge is 0.480 e. The van der Waals surface area contributed by atoms with Crippen molar-refractivity contribution in [3.05, 3.63) is 18.0 Å². The Morgan fingerprint density at radius 3 is 2.86 bits per heavy atom. The van der Waals surface area contributed by atoms with Gasteiger partial charge in [0.1, 0.15) is 0 Å². The molecule has 1 aromatic heterocycles. The zero-order valence-corrected chi connectivity index (χ0v) is 8.30. The fourth-order valence-electron chi connectivity index (χ4n) is 1.12. The van der Waals surface area contributed by atoms with Gasteiger partial charge in [0.05, 0.1) is 19.3 Å². The molecule has 1 rings (SSSR count).